The highest BCUT2D eigenvalue weighted by Gasteiger charge is 2.26. The fourth-order valence-corrected chi connectivity index (χ4v) is 2.07. The summed E-state index contributed by atoms with van der Waals surface area (Å²) >= 11 is 0. The van der Waals surface area contributed by atoms with Crippen molar-refractivity contribution in [3.05, 3.63) is 0 Å². The van der Waals surface area contributed by atoms with Gasteiger partial charge in [0.2, 0.25) is 0 Å². The van der Waals surface area contributed by atoms with Gasteiger partial charge in [0.15, 0.2) is 0 Å². The topological polar surface area (TPSA) is 44.6 Å². The molecule has 0 aromatic rings. The van der Waals surface area contributed by atoms with E-state index >= 15 is 0 Å². The predicted octanol–water partition coefficient (Wildman–Crippen LogP) is -1.03. The average Bonchev–Trinajstić information content (AvgIpc) is 2.15. The predicted molar refractivity (Wildman–Crippen MR) is 48.3 cm³/mol. The Labute approximate surface area is 79.7 Å². The Morgan fingerprint density at radius 1 is 1.54 bits per heavy atom. The molecule has 3 heteroatoms. The van der Waals surface area contributed by atoms with Crippen LogP contribution in [0.3, 0.4) is 0 Å². The van der Waals surface area contributed by atoms with E-state index in [2.05, 4.69) is 6.92 Å². The summed E-state index contributed by atoms with van der Waals surface area (Å²) in [7, 11) is 0. The van der Waals surface area contributed by atoms with E-state index in [-0.39, 0.29) is 6.04 Å². The molecule has 2 atom stereocenters. The number of nitrogens with one attached hydrogen (secondary N) is 1. The van der Waals surface area contributed by atoms with Crippen molar-refractivity contribution < 1.29 is 14.8 Å². The number of carboxylic acids is 1. The van der Waals surface area contributed by atoms with Gasteiger partial charge in [0.1, 0.15) is 6.04 Å². The quantitative estimate of drug-likeness (QED) is 0.609. The molecule has 1 rings (SSSR count). The van der Waals surface area contributed by atoms with E-state index in [0.717, 1.165) is 38.8 Å². The maximum atomic E-state index is 10.8. The number of hydrogen-bond acceptors (Lipinski definition) is 2. The average molecular weight is 185 g/mol. The number of carboxylic acid groups (broad SMARTS) is 1. The van der Waals surface area contributed by atoms with E-state index in [0.29, 0.717) is 0 Å². The first-order valence-corrected chi connectivity index (χ1v) is 5.31. The van der Waals surface area contributed by atoms with Crippen LogP contribution in [-0.2, 0) is 4.79 Å². The van der Waals surface area contributed by atoms with Crippen molar-refractivity contribution in [1.29, 1.82) is 0 Å². The first kappa shape index (κ1) is 10.5. The fraction of sp³-hybridized carbons (Fsp3) is 0.900. The molecule has 0 spiro atoms. The van der Waals surface area contributed by atoms with E-state index in [9.17, 15) is 9.90 Å². The standard InChI is InChI=1S/C10H19NO2/c1-2-3-7-11-8-5-4-6-9(11)10(12)13/h9H,2-8H2,1H3,(H,12,13)/t9-/m0/s1. The number of likely N-dealkylation sites (tertiary alicyclic amines) is 1. The highest BCUT2D eigenvalue weighted by Crippen LogP contribution is 2.02. The molecule has 1 aliphatic heterocycles. The van der Waals surface area contributed by atoms with Crippen LogP contribution in [0.5, 0.6) is 0 Å². The molecule has 0 radical (unpaired) electrons. The molecule has 0 bridgehead atoms. The maximum Gasteiger partial charge on any atom is 0.128 e. The van der Waals surface area contributed by atoms with Crippen molar-refractivity contribution in [2.75, 3.05) is 13.1 Å². The van der Waals surface area contributed by atoms with Gasteiger partial charge in [-0.25, -0.2) is 0 Å². The molecular formula is C10H19NO2. The largest absolute Gasteiger partial charge is 0.544 e. The second-order valence-electron chi connectivity index (χ2n) is 3.88. The number of rotatable bonds is 4. The minimum atomic E-state index is -0.856. The summed E-state index contributed by atoms with van der Waals surface area (Å²) in [5.41, 5.74) is 0. The summed E-state index contributed by atoms with van der Waals surface area (Å²) in [6.07, 6.45) is 5.29. The van der Waals surface area contributed by atoms with E-state index < -0.39 is 5.97 Å². The van der Waals surface area contributed by atoms with Crippen LogP contribution in [0.1, 0.15) is 39.0 Å². The van der Waals surface area contributed by atoms with E-state index in [1.165, 1.54) is 11.3 Å². The summed E-state index contributed by atoms with van der Waals surface area (Å²) in [6, 6.07) is -0.236. The molecule has 0 saturated carbocycles. The normalized spacial score (nSPS) is 28.7. The molecule has 76 valence electrons. The summed E-state index contributed by atoms with van der Waals surface area (Å²) < 4.78 is 0. The van der Waals surface area contributed by atoms with E-state index in [1.54, 1.807) is 0 Å². The van der Waals surface area contributed by atoms with E-state index in [4.69, 9.17) is 0 Å². The van der Waals surface area contributed by atoms with Crippen LogP contribution in [0.15, 0.2) is 0 Å². The first-order valence-electron chi connectivity index (χ1n) is 5.31. The highest BCUT2D eigenvalue weighted by atomic mass is 16.4. The Morgan fingerprint density at radius 2 is 2.31 bits per heavy atom. The molecule has 3 nitrogen and oxygen atoms in total. The number of carbonyl (C=O) groups is 1. The number of piperidine rings is 1. The van der Waals surface area contributed by atoms with Crippen molar-refractivity contribution in [3.63, 3.8) is 0 Å². The highest BCUT2D eigenvalue weighted by molar-refractivity contribution is 5.69. The molecule has 1 heterocycles. The SMILES string of the molecule is CCCC[NH+]1CCCC[C@H]1C(=O)[O-]. The van der Waals surface area contributed by atoms with Crippen molar-refractivity contribution in [2.45, 2.75) is 45.1 Å². The Bertz CT molecular complexity index is 170. The third-order valence-corrected chi connectivity index (χ3v) is 2.87. The zero-order valence-electron chi connectivity index (χ0n) is 8.34. The van der Waals surface area contributed by atoms with Gasteiger partial charge in [-0.05, 0) is 19.3 Å². The lowest BCUT2D eigenvalue weighted by Gasteiger charge is -2.32. The molecule has 0 amide bonds. The second kappa shape index (κ2) is 5.22. The molecular weight excluding hydrogens is 166 g/mol. The zero-order valence-corrected chi connectivity index (χ0v) is 8.34. The lowest BCUT2D eigenvalue weighted by Crippen LogP contribution is -3.18. The van der Waals surface area contributed by atoms with Crippen LogP contribution in [0.2, 0.25) is 0 Å². The zero-order chi connectivity index (χ0) is 9.68. The van der Waals surface area contributed by atoms with Crippen molar-refractivity contribution in [1.82, 2.24) is 0 Å². The molecule has 0 aromatic heterocycles. The smallest absolute Gasteiger partial charge is 0.128 e. The number of aliphatic carboxylic acids is 1. The summed E-state index contributed by atoms with van der Waals surface area (Å²) in [4.78, 5) is 12.0. The Balaban J connectivity index is 2.41. The summed E-state index contributed by atoms with van der Waals surface area (Å²) in [6.45, 7) is 4.14. The van der Waals surface area contributed by atoms with Gasteiger partial charge in [-0.3, -0.25) is 0 Å². The van der Waals surface area contributed by atoms with Gasteiger partial charge in [0.05, 0.1) is 19.1 Å². The fourth-order valence-electron chi connectivity index (χ4n) is 2.07. The summed E-state index contributed by atoms with van der Waals surface area (Å²) in [5, 5.41) is 10.8. The van der Waals surface area contributed by atoms with Crippen molar-refractivity contribution in [2.24, 2.45) is 0 Å². The van der Waals surface area contributed by atoms with Gasteiger partial charge >= 0.3 is 0 Å². The van der Waals surface area contributed by atoms with Gasteiger partial charge in [0, 0.05) is 6.42 Å². The molecule has 1 saturated heterocycles. The molecule has 1 fully saturated rings. The van der Waals surface area contributed by atoms with Crippen LogP contribution in [-0.4, -0.2) is 25.1 Å². The van der Waals surface area contributed by atoms with Crippen LogP contribution in [0, 0.1) is 0 Å². The van der Waals surface area contributed by atoms with Crippen LogP contribution in [0.25, 0.3) is 0 Å². The number of carbonyl (C=O) groups excluding carboxylic acids is 1. The Hall–Kier alpha value is -0.570. The second-order valence-corrected chi connectivity index (χ2v) is 3.88. The molecule has 1 N–H and O–H groups in total. The third kappa shape index (κ3) is 2.99. The summed E-state index contributed by atoms with van der Waals surface area (Å²) in [5.74, 6) is -0.856. The number of hydrogen-bond donors (Lipinski definition) is 1. The van der Waals surface area contributed by atoms with Crippen LogP contribution in [0.4, 0.5) is 0 Å². The lowest BCUT2D eigenvalue weighted by molar-refractivity contribution is -0.924. The minimum Gasteiger partial charge on any atom is -0.544 e. The van der Waals surface area contributed by atoms with Crippen molar-refractivity contribution >= 4 is 5.97 Å². The molecule has 0 aliphatic carbocycles. The van der Waals surface area contributed by atoms with Gasteiger partial charge in [0.25, 0.3) is 0 Å². The van der Waals surface area contributed by atoms with Gasteiger partial charge < -0.3 is 14.8 Å². The minimum absolute atomic E-state index is 0.236. The number of quaternary nitrogens is 1. The maximum absolute atomic E-state index is 10.8. The monoisotopic (exact) mass is 185 g/mol. The van der Waals surface area contributed by atoms with Crippen molar-refractivity contribution in [3.8, 4) is 0 Å². The Kier molecular flexibility index (Phi) is 4.22. The van der Waals surface area contributed by atoms with Gasteiger partial charge in [-0.2, -0.15) is 0 Å². The lowest BCUT2D eigenvalue weighted by atomic mass is 10.0. The van der Waals surface area contributed by atoms with Gasteiger partial charge in [-0.1, -0.05) is 13.3 Å². The molecule has 1 unspecified atom stereocenters. The Morgan fingerprint density at radius 3 is 2.92 bits per heavy atom. The molecule has 13 heavy (non-hydrogen) atoms. The number of unbranched alkanes of at least 4 members (excludes halogenated alkanes) is 1. The van der Waals surface area contributed by atoms with Crippen LogP contribution < -0.4 is 10.0 Å². The third-order valence-electron chi connectivity index (χ3n) is 2.87. The first-order chi connectivity index (χ1) is 6.25. The van der Waals surface area contributed by atoms with Gasteiger partial charge in [-0.15, -0.1) is 0 Å². The molecule has 0 aromatic carbocycles. The van der Waals surface area contributed by atoms with E-state index in [1.807, 2.05) is 0 Å². The molecule has 1 aliphatic rings. The van der Waals surface area contributed by atoms with Crippen LogP contribution >= 0.6 is 0 Å².